The maximum Gasteiger partial charge on any atom is 0.287 e. The highest BCUT2D eigenvalue weighted by molar-refractivity contribution is 7.21. The van der Waals surface area contributed by atoms with Gasteiger partial charge < -0.3 is 9.73 Å². The Labute approximate surface area is 176 Å². The van der Waals surface area contributed by atoms with Crippen LogP contribution in [-0.4, -0.2) is 22.4 Å². The maximum atomic E-state index is 12.4. The van der Waals surface area contributed by atoms with E-state index in [1.54, 1.807) is 17.4 Å². The van der Waals surface area contributed by atoms with Gasteiger partial charge in [0.15, 0.2) is 16.5 Å². The highest BCUT2D eigenvalue weighted by Gasteiger charge is 2.16. The average Bonchev–Trinajstić information content (AvgIpc) is 3.47. The fourth-order valence-corrected chi connectivity index (χ4v) is 5.72. The molecule has 0 fully saturated rings. The fraction of sp³-hybridized carbons (Fsp3) is 0.318. The number of para-hydroxylation sites is 1. The van der Waals surface area contributed by atoms with Gasteiger partial charge in [-0.3, -0.25) is 4.79 Å². The van der Waals surface area contributed by atoms with E-state index >= 15 is 0 Å². The lowest BCUT2D eigenvalue weighted by Crippen LogP contribution is -2.24. The van der Waals surface area contributed by atoms with Crippen molar-refractivity contribution in [2.75, 3.05) is 6.54 Å². The number of rotatable bonds is 6. The first-order valence-corrected chi connectivity index (χ1v) is 11.6. The molecule has 148 valence electrons. The van der Waals surface area contributed by atoms with E-state index in [9.17, 15) is 4.79 Å². The molecule has 0 radical (unpaired) electrons. The van der Waals surface area contributed by atoms with Gasteiger partial charge in [0.2, 0.25) is 0 Å². The minimum atomic E-state index is -0.184. The summed E-state index contributed by atoms with van der Waals surface area (Å²) < 4.78 is 6.86. The van der Waals surface area contributed by atoms with E-state index in [2.05, 4.69) is 10.3 Å². The molecule has 0 bridgehead atoms. The molecule has 1 aliphatic rings. The monoisotopic (exact) mass is 423 g/mol. The number of carbonyl (C=O) groups excluding carboxylic acids is 1. The van der Waals surface area contributed by atoms with Gasteiger partial charge in [-0.2, -0.15) is 0 Å². The molecule has 1 aromatic carbocycles. The number of hydrogen-bond donors (Lipinski definition) is 1. The maximum absolute atomic E-state index is 12.4. The lowest BCUT2D eigenvalue weighted by molar-refractivity contribution is 0.0926. The van der Waals surface area contributed by atoms with Gasteiger partial charge in [0.1, 0.15) is 0 Å². The lowest BCUT2D eigenvalue weighted by atomic mass is 10.0. The molecule has 3 heterocycles. The number of benzene rings is 1. The summed E-state index contributed by atoms with van der Waals surface area (Å²) in [6, 6.07) is 11.5. The zero-order valence-corrected chi connectivity index (χ0v) is 17.6. The van der Waals surface area contributed by atoms with Crippen LogP contribution in [0, 0.1) is 0 Å². The van der Waals surface area contributed by atoms with E-state index in [1.165, 1.54) is 34.8 Å². The van der Waals surface area contributed by atoms with Gasteiger partial charge in [0.25, 0.3) is 5.91 Å². The first-order valence-electron chi connectivity index (χ1n) is 9.98. The molecule has 0 saturated carbocycles. The number of nitrogens with zero attached hydrogens (tertiary/aromatic N) is 2. The van der Waals surface area contributed by atoms with Crippen molar-refractivity contribution in [1.29, 1.82) is 0 Å². The number of furan rings is 1. The largest absolute Gasteiger partial charge is 0.448 e. The van der Waals surface area contributed by atoms with E-state index in [1.807, 2.05) is 41.7 Å². The van der Waals surface area contributed by atoms with Gasteiger partial charge in [-0.15, -0.1) is 22.7 Å². The second-order valence-corrected chi connectivity index (χ2v) is 9.39. The number of fused-ring (bicyclic) bond motifs is 2. The third-order valence-electron chi connectivity index (χ3n) is 5.08. The molecule has 5 rings (SSSR count). The second kappa shape index (κ2) is 8.08. The summed E-state index contributed by atoms with van der Waals surface area (Å²) in [7, 11) is 0. The highest BCUT2D eigenvalue weighted by Crippen LogP contribution is 2.31. The topological polar surface area (TPSA) is 68.0 Å². The van der Waals surface area contributed by atoms with Crippen LogP contribution in [0.2, 0.25) is 0 Å². The normalized spacial score (nSPS) is 13.5. The number of thiazole rings is 2. The van der Waals surface area contributed by atoms with Gasteiger partial charge in [0, 0.05) is 17.8 Å². The molecule has 4 aromatic rings. The zero-order chi connectivity index (χ0) is 19.6. The van der Waals surface area contributed by atoms with Crippen LogP contribution < -0.4 is 5.32 Å². The minimum Gasteiger partial charge on any atom is -0.448 e. The van der Waals surface area contributed by atoms with Crippen LogP contribution in [0.25, 0.3) is 21.0 Å². The fourth-order valence-electron chi connectivity index (χ4n) is 3.59. The smallest absolute Gasteiger partial charge is 0.287 e. The first kappa shape index (κ1) is 18.5. The molecule has 5 nitrogen and oxygen atoms in total. The molecular formula is C22H21N3O2S2. The van der Waals surface area contributed by atoms with E-state index in [0.717, 1.165) is 34.5 Å². The van der Waals surface area contributed by atoms with Gasteiger partial charge in [0.05, 0.1) is 20.9 Å². The van der Waals surface area contributed by atoms with Crippen molar-refractivity contribution >= 4 is 38.8 Å². The number of aryl methyl sites for hydroxylation is 3. The van der Waals surface area contributed by atoms with Gasteiger partial charge in [-0.05, 0) is 56.4 Å². The Morgan fingerprint density at radius 1 is 1.07 bits per heavy atom. The van der Waals surface area contributed by atoms with E-state index < -0.39 is 0 Å². The van der Waals surface area contributed by atoms with Gasteiger partial charge >= 0.3 is 0 Å². The van der Waals surface area contributed by atoms with Crippen molar-refractivity contribution in [2.24, 2.45) is 0 Å². The minimum absolute atomic E-state index is 0.184. The van der Waals surface area contributed by atoms with E-state index in [4.69, 9.17) is 9.40 Å². The van der Waals surface area contributed by atoms with Crippen LogP contribution in [0.5, 0.6) is 0 Å². The van der Waals surface area contributed by atoms with Gasteiger partial charge in [-0.1, -0.05) is 12.1 Å². The van der Waals surface area contributed by atoms with Crippen LogP contribution in [0.3, 0.4) is 0 Å². The molecule has 1 amide bonds. The Morgan fingerprint density at radius 3 is 2.86 bits per heavy atom. The quantitative estimate of drug-likeness (QED) is 0.430. The molecule has 1 aliphatic carbocycles. The lowest BCUT2D eigenvalue weighted by Gasteiger charge is -2.06. The summed E-state index contributed by atoms with van der Waals surface area (Å²) in [5, 5.41) is 4.94. The molecular weight excluding hydrogens is 402 g/mol. The summed E-state index contributed by atoms with van der Waals surface area (Å²) in [5.41, 5.74) is 2.25. The second-order valence-electron chi connectivity index (χ2n) is 7.19. The van der Waals surface area contributed by atoms with E-state index in [0.29, 0.717) is 18.1 Å². The summed E-state index contributed by atoms with van der Waals surface area (Å²) in [6.07, 6.45) is 6.63. The zero-order valence-electron chi connectivity index (χ0n) is 15.9. The number of aromatic nitrogens is 2. The highest BCUT2D eigenvalue weighted by atomic mass is 32.1. The summed E-state index contributed by atoms with van der Waals surface area (Å²) in [5.74, 6) is 0.768. The van der Waals surface area contributed by atoms with Crippen molar-refractivity contribution in [3.05, 3.63) is 57.7 Å². The number of hydrogen-bond acceptors (Lipinski definition) is 6. The van der Waals surface area contributed by atoms with Crippen LogP contribution in [0.4, 0.5) is 0 Å². The molecule has 3 aromatic heterocycles. The Kier molecular flexibility index (Phi) is 5.16. The first-order chi connectivity index (χ1) is 14.3. The van der Waals surface area contributed by atoms with Gasteiger partial charge in [-0.25, -0.2) is 9.97 Å². The third kappa shape index (κ3) is 3.97. The third-order valence-corrected chi connectivity index (χ3v) is 7.35. The SMILES string of the molecule is O=C(NCCCc1nc2c(s1)CCCC2)c1ccc(-c2nc3ccccc3s2)o1. The molecule has 0 aliphatic heterocycles. The molecule has 29 heavy (non-hydrogen) atoms. The van der Waals surface area contributed by atoms with Crippen molar-refractivity contribution in [3.63, 3.8) is 0 Å². The summed E-state index contributed by atoms with van der Waals surface area (Å²) in [4.78, 5) is 23.2. The van der Waals surface area contributed by atoms with Crippen LogP contribution in [0.15, 0.2) is 40.8 Å². The van der Waals surface area contributed by atoms with Crippen LogP contribution in [0.1, 0.15) is 45.4 Å². The van der Waals surface area contributed by atoms with Crippen molar-refractivity contribution in [3.8, 4) is 10.8 Å². The van der Waals surface area contributed by atoms with Crippen LogP contribution in [-0.2, 0) is 19.3 Å². The summed E-state index contributed by atoms with van der Waals surface area (Å²) in [6.45, 7) is 0.611. The Bertz CT molecular complexity index is 1100. The summed E-state index contributed by atoms with van der Waals surface area (Å²) >= 11 is 3.41. The number of nitrogens with one attached hydrogen (secondary N) is 1. The Hall–Kier alpha value is -2.51. The Balaban J connectivity index is 1.16. The van der Waals surface area contributed by atoms with Crippen molar-refractivity contribution in [1.82, 2.24) is 15.3 Å². The predicted molar refractivity (Wildman–Crippen MR) is 117 cm³/mol. The van der Waals surface area contributed by atoms with E-state index in [-0.39, 0.29) is 5.91 Å². The number of carbonyl (C=O) groups is 1. The molecule has 0 saturated heterocycles. The standard InChI is InChI=1S/C22H21N3O2S2/c26-21(23-13-5-10-20-24-14-6-1-3-8-18(14)28-20)16-11-12-17(27-16)22-25-15-7-2-4-9-19(15)29-22/h2,4,7,9,11-12H,1,3,5-6,8,10,13H2,(H,23,26). The molecule has 1 N–H and O–H groups in total. The Morgan fingerprint density at radius 2 is 1.97 bits per heavy atom. The molecule has 0 spiro atoms. The number of amides is 1. The average molecular weight is 424 g/mol. The molecule has 0 atom stereocenters. The van der Waals surface area contributed by atoms with Crippen molar-refractivity contribution in [2.45, 2.75) is 38.5 Å². The molecule has 0 unspecified atom stereocenters. The van der Waals surface area contributed by atoms with Crippen LogP contribution >= 0.6 is 22.7 Å². The van der Waals surface area contributed by atoms with Crippen molar-refractivity contribution < 1.29 is 9.21 Å². The molecule has 7 heteroatoms. The predicted octanol–water partition coefficient (Wildman–Crippen LogP) is 5.25.